The number of nitrogens with zero attached hydrogens (tertiary/aromatic N) is 1. The monoisotopic (exact) mass is 677 g/mol. The number of anilines is 3. The first-order valence-corrected chi connectivity index (χ1v) is 19.5. The van der Waals surface area contributed by atoms with Gasteiger partial charge in [0.25, 0.3) is 0 Å². The van der Waals surface area contributed by atoms with Crippen molar-refractivity contribution in [2.24, 2.45) is 0 Å². The molecule has 6 aromatic carbocycles. The van der Waals surface area contributed by atoms with Gasteiger partial charge in [0.15, 0.2) is 0 Å². The normalized spacial score (nSPS) is 17.4. The highest BCUT2D eigenvalue weighted by molar-refractivity contribution is 5.96. The molecule has 0 saturated heterocycles. The first-order valence-electron chi connectivity index (χ1n) is 19.5. The van der Waals surface area contributed by atoms with Gasteiger partial charge in [0, 0.05) is 22.4 Å². The average Bonchev–Trinajstić information content (AvgIpc) is 3.39. The fraction of sp³-hybridized carbons (Fsp3) is 0.294. The summed E-state index contributed by atoms with van der Waals surface area (Å²) in [7, 11) is 0. The summed E-state index contributed by atoms with van der Waals surface area (Å²) in [6.45, 7) is 14.7. The molecule has 0 heterocycles. The van der Waals surface area contributed by atoms with Gasteiger partial charge in [-0.15, -0.1) is 0 Å². The van der Waals surface area contributed by atoms with Gasteiger partial charge in [-0.3, -0.25) is 0 Å². The number of fused-ring (bicyclic) bond motifs is 5. The second kappa shape index (κ2) is 12.1. The van der Waals surface area contributed by atoms with E-state index in [0.717, 1.165) is 6.42 Å². The van der Waals surface area contributed by atoms with E-state index in [1.54, 1.807) is 0 Å². The van der Waals surface area contributed by atoms with Crippen LogP contribution < -0.4 is 4.90 Å². The molecular weight excluding hydrogens is 627 g/mol. The Morgan fingerprint density at radius 2 is 1.08 bits per heavy atom. The lowest BCUT2D eigenvalue weighted by Gasteiger charge is -2.43. The molecule has 1 heteroatoms. The van der Waals surface area contributed by atoms with E-state index in [9.17, 15) is 0 Å². The minimum absolute atomic E-state index is 0.0584. The third-order valence-corrected chi connectivity index (χ3v) is 12.9. The molecule has 9 rings (SSSR count). The molecule has 0 spiro atoms. The van der Waals surface area contributed by atoms with Crippen LogP contribution in [0.3, 0.4) is 0 Å². The molecule has 3 aliphatic rings. The number of rotatable bonds is 5. The van der Waals surface area contributed by atoms with E-state index in [0.29, 0.717) is 0 Å². The van der Waals surface area contributed by atoms with Crippen molar-refractivity contribution in [1.82, 2.24) is 0 Å². The highest BCUT2D eigenvalue weighted by Crippen LogP contribution is 2.56. The summed E-state index contributed by atoms with van der Waals surface area (Å²) >= 11 is 0. The molecule has 0 N–H and O–H groups in total. The molecule has 0 fully saturated rings. The molecule has 0 aliphatic heterocycles. The Morgan fingerprint density at radius 1 is 0.442 bits per heavy atom. The largest absolute Gasteiger partial charge is 0.310 e. The van der Waals surface area contributed by atoms with Crippen LogP contribution in [0.5, 0.6) is 0 Å². The zero-order chi connectivity index (χ0) is 35.8. The fourth-order valence-corrected chi connectivity index (χ4v) is 9.81. The molecule has 6 aromatic rings. The number of aryl methyl sites for hydroxylation is 2. The van der Waals surface area contributed by atoms with E-state index in [1.165, 1.54) is 116 Å². The first-order chi connectivity index (χ1) is 25.0. The van der Waals surface area contributed by atoms with E-state index in [2.05, 4.69) is 174 Å². The molecule has 3 aliphatic carbocycles. The van der Waals surface area contributed by atoms with Gasteiger partial charge in [0.2, 0.25) is 0 Å². The van der Waals surface area contributed by atoms with Crippen LogP contribution in [0.2, 0.25) is 0 Å². The van der Waals surface area contributed by atoms with Gasteiger partial charge in [-0.1, -0.05) is 133 Å². The standard InChI is InChI=1S/C51H51N/c1-49(2)29-30-50(3,4)48-41(20-14-22-45(48)49)43-32-42-40-19-12-13-21-44(40)51(5,6)46(42)33-47(43)52(39-28-25-35-17-10-11-18-37(35)31-39)38-26-23-36(24-27-38)34-15-8-7-9-16-34/h7-9,12-16,19-28,31-33H,10-11,17-18,29-30H2,1-6H3. The molecule has 52 heavy (non-hydrogen) atoms. The van der Waals surface area contributed by atoms with Crippen LogP contribution in [0.1, 0.15) is 101 Å². The van der Waals surface area contributed by atoms with Crippen molar-refractivity contribution in [2.45, 2.75) is 96.3 Å². The van der Waals surface area contributed by atoms with Gasteiger partial charge in [-0.25, -0.2) is 0 Å². The van der Waals surface area contributed by atoms with E-state index < -0.39 is 0 Å². The highest BCUT2D eigenvalue weighted by atomic mass is 15.1. The summed E-state index contributed by atoms with van der Waals surface area (Å²) in [6.07, 6.45) is 7.25. The highest BCUT2D eigenvalue weighted by Gasteiger charge is 2.41. The topological polar surface area (TPSA) is 3.24 Å². The van der Waals surface area contributed by atoms with E-state index in [1.807, 2.05) is 0 Å². The number of hydrogen-bond acceptors (Lipinski definition) is 1. The molecule has 0 unspecified atom stereocenters. The summed E-state index contributed by atoms with van der Waals surface area (Å²) in [4.78, 5) is 2.58. The first kappa shape index (κ1) is 33.0. The van der Waals surface area contributed by atoms with Crippen molar-refractivity contribution in [3.63, 3.8) is 0 Å². The number of hydrogen-bond donors (Lipinski definition) is 0. The summed E-state index contributed by atoms with van der Waals surface area (Å²) in [5.41, 5.74) is 20.5. The van der Waals surface area contributed by atoms with Gasteiger partial charge in [0.1, 0.15) is 0 Å². The molecule has 0 radical (unpaired) electrons. The maximum absolute atomic E-state index is 2.58. The molecular formula is C51H51N. The van der Waals surface area contributed by atoms with Crippen LogP contribution in [0.4, 0.5) is 17.1 Å². The number of benzene rings is 6. The molecule has 0 amide bonds. The minimum Gasteiger partial charge on any atom is -0.310 e. The lowest BCUT2D eigenvalue weighted by atomic mass is 9.61. The minimum atomic E-state index is -0.116. The van der Waals surface area contributed by atoms with Gasteiger partial charge in [-0.2, -0.15) is 0 Å². The third-order valence-electron chi connectivity index (χ3n) is 12.9. The van der Waals surface area contributed by atoms with Crippen LogP contribution >= 0.6 is 0 Å². The van der Waals surface area contributed by atoms with Crippen molar-refractivity contribution >= 4 is 17.1 Å². The van der Waals surface area contributed by atoms with Crippen molar-refractivity contribution in [1.29, 1.82) is 0 Å². The van der Waals surface area contributed by atoms with Crippen LogP contribution in [-0.2, 0) is 29.1 Å². The van der Waals surface area contributed by atoms with Crippen LogP contribution in [0.25, 0.3) is 33.4 Å². The van der Waals surface area contributed by atoms with Crippen LogP contribution in [0.15, 0.2) is 127 Å². The SMILES string of the molecule is CC1(C)CCC(C)(C)c2c(-c3cc4c(cc3N(c3ccc(-c5ccccc5)cc3)c3ccc5c(c3)CCCC5)C(C)(C)c3ccccc3-4)cccc21. The second-order valence-corrected chi connectivity index (χ2v) is 17.5. The second-order valence-electron chi connectivity index (χ2n) is 17.5. The Kier molecular flexibility index (Phi) is 7.67. The Bertz CT molecular complexity index is 2320. The zero-order valence-corrected chi connectivity index (χ0v) is 31.8. The average molecular weight is 678 g/mol. The summed E-state index contributed by atoms with van der Waals surface area (Å²) < 4.78 is 0. The predicted octanol–water partition coefficient (Wildman–Crippen LogP) is 14.0. The van der Waals surface area contributed by atoms with Crippen LogP contribution in [-0.4, -0.2) is 0 Å². The fourth-order valence-electron chi connectivity index (χ4n) is 9.81. The predicted molar refractivity (Wildman–Crippen MR) is 221 cm³/mol. The Balaban J connectivity index is 1.35. The van der Waals surface area contributed by atoms with E-state index >= 15 is 0 Å². The summed E-state index contributed by atoms with van der Waals surface area (Å²) in [6, 6.07) is 48.7. The quantitative estimate of drug-likeness (QED) is 0.176. The van der Waals surface area contributed by atoms with E-state index in [4.69, 9.17) is 0 Å². The molecule has 1 nitrogen and oxygen atoms in total. The van der Waals surface area contributed by atoms with Gasteiger partial charge in [-0.05, 0) is 147 Å². The molecule has 0 saturated carbocycles. The molecule has 0 bridgehead atoms. The van der Waals surface area contributed by atoms with Crippen molar-refractivity contribution in [3.8, 4) is 33.4 Å². The Morgan fingerprint density at radius 3 is 1.87 bits per heavy atom. The smallest absolute Gasteiger partial charge is 0.0543 e. The van der Waals surface area contributed by atoms with Crippen molar-refractivity contribution in [3.05, 3.63) is 161 Å². The Hall–Kier alpha value is -4.88. The summed E-state index contributed by atoms with van der Waals surface area (Å²) in [5, 5.41) is 0. The molecule has 0 atom stereocenters. The van der Waals surface area contributed by atoms with Gasteiger partial charge < -0.3 is 4.90 Å². The van der Waals surface area contributed by atoms with Crippen LogP contribution in [0, 0.1) is 0 Å². The zero-order valence-electron chi connectivity index (χ0n) is 31.8. The maximum Gasteiger partial charge on any atom is 0.0543 e. The van der Waals surface area contributed by atoms with Gasteiger partial charge in [0.05, 0.1) is 5.69 Å². The lowest BCUT2D eigenvalue weighted by Crippen LogP contribution is -2.34. The summed E-state index contributed by atoms with van der Waals surface area (Å²) in [5.74, 6) is 0. The van der Waals surface area contributed by atoms with Crippen molar-refractivity contribution in [2.75, 3.05) is 4.90 Å². The molecule has 0 aromatic heterocycles. The van der Waals surface area contributed by atoms with Gasteiger partial charge >= 0.3 is 0 Å². The maximum atomic E-state index is 2.58. The Labute approximate surface area is 311 Å². The van der Waals surface area contributed by atoms with E-state index in [-0.39, 0.29) is 16.2 Å². The molecule has 260 valence electrons. The van der Waals surface area contributed by atoms with Crippen molar-refractivity contribution < 1.29 is 0 Å². The lowest BCUT2D eigenvalue weighted by molar-refractivity contribution is 0.333. The third kappa shape index (κ3) is 5.27.